The lowest BCUT2D eigenvalue weighted by molar-refractivity contribution is -0.117. The first-order valence-corrected chi connectivity index (χ1v) is 9.64. The third-order valence-corrected chi connectivity index (χ3v) is 5.00. The maximum absolute atomic E-state index is 12.7. The van der Waals surface area contributed by atoms with Gasteiger partial charge in [0.15, 0.2) is 6.04 Å². The Morgan fingerprint density at radius 1 is 1.25 bits per heavy atom. The van der Waals surface area contributed by atoms with Gasteiger partial charge in [0.05, 0.1) is 27.0 Å². The van der Waals surface area contributed by atoms with Crippen molar-refractivity contribution in [1.82, 2.24) is 0 Å². The van der Waals surface area contributed by atoms with E-state index in [-0.39, 0.29) is 10.7 Å². The number of carbonyl (C=O) groups excluding carboxylic acids is 2. The molecule has 11 heteroatoms. The van der Waals surface area contributed by atoms with Crippen LogP contribution in [0.4, 0.5) is 11.4 Å². The van der Waals surface area contributed by atoms with Crippen LogP contribution >= 0.6 is 11.6 Å². The summed E-state index contributed by atoms with van der Waals surface area (Å²) in [5.41, 5.74) is 1.10. The van der Waals surface area contributed by atoms with Crippen LogP contribution < -0.4 is 5.01 Å². The van der Waals surface area contributed by atoms with E-state index < -0.39 is 27.0 Å². The van der Waals surface area contributed by atoms with Crippen LogP contribution in [0, 0.1) is 0 Å². The van der Waals surface area contributed by atoms with Crippen LogP contribution in [0.1, 0.15) is 17.3 Å². The first kappa shape index (κ1) is 19.8. The highest BCUT2D eigenvalue weighted by molar-refractivity contribution is 7.85. The van der Waals surface area contributed by atoms with Crippen molar-refractivity contribution in [2.75, 3.05) is 5.01 Å². The Morgan fingerprint density at radius 3 is 2.68 bits per heavy atom. The zero-order valence-corrected chi connectivity index (χ0v) is 15.9. The number of anilines is 1. The highest BCUT2D eigenvalue weighted by Crippen LogP contribution is 2.32. The van der Waals surface area contributed by atoms with Gasteiger partial charge in [0.2, 0.25) is 0 Å². The largest absolute Gasteiger partial charge is 0.298 e. The predicted molar refractivity (Wildman–Crippen MR) is 102 cm³/mol. The molecule has 0 aliphatic carbocycles. The summed E-state index contributed by atoms with van der Waals surface area (Å²) in [6, 6.07) is 8.70. The maximum atomic E-state index is 12.7. The summed E-state index contributed by atoms with van der Waals surface area (Å²) >= 11 is 6.07. The van der Waals surface area contributed by atoms with E-state index in [1.807, 2.05) is 0 Å². The molecule has 0 saturated carbocycles. The second-order valence-electron chi connectivity index (χ2n) is 5.81. The fourth-order valence-electron chi connectivity index (χ4n) is 2.46. The van der Waals surface area contributed by atoms with E-state index >= 15 is 0 Å². The number of hydrogen-bond acceptors (Lipinski definition) is 7. The Morgan fingerprint density at radius 2 is 2.00 bits per heavy atom. The summed E-state index contributed by atoms with van der Waals surface area (Å²) in [6.45, 7) is 1.56. The van der Waals surface area contributed by atoms with Crippen molar-refractivity contribution in [3.8, 4) is 0 Å². The van der Waals surface area contributed by atoms with Gasteiger partial charge in [0, 0.05) is 5.56 Å². The molecule has 3 rings (SSSR count). The fraction of sp³-hybridized carbons (Fsp3) is 0.118. The number of carbonyl (C=O) groups is 2. The van der Waals surface area contributed by atoms with E-state index in [4.69, 9.17) is 11.6 Å². The number of hydrogen-bond donors (Lipinski definition) is 1. The fourth-order valence-corrected chi connectivity index (χ4v) is 3.16. The van der Waals surface area contributed by atoms with Crippen molar-refractivity contribution in [2.24, 2.45) is 15.3 Å². The highest BCUT2D eigenvalue weighted by Gasteiger charge is 2.36. The molecule has 2 aromatic carbocycles. The normalized spacial score (nSPS) is 17.2. The number of benzene rings is 2. The standard InChI is InChI=1S/C17H13ClN4O5S/c1-10-16(20-19-12-4-2-3-11(7-12)9-23)17(24)22(21-10)15-8-13(28(25,26)27)5-6-14(15)18/h2-9,16H,1H3,(H,25,26,27). The van der Waals surface area contributed by atoms with Crippen molar-refractivity contribution in [3.05, 3.63) is 53.1 Å². The Bertz CT molecular complexity index is 1130. The summed E-state index contributed by atoms with van der Waals surface area (Å²) in [7, 11) is -4.48. The maximum Gasteiger partial charge on any atom is 0.294 e. The first-order chi connectivity index (χ1) is 13.2. The molecule has 0 spiro atoms. The van der Waals surface area contributed by atoms with Gasteiger partial charge in [0.1, 0.15) is 6.29 Å². The third-order valence-electron chi connectivity index (χ3n) is 3.83. The summed E-state index contributed by atoms with van der Waals surface area (Å²) in [5, 5.41) is 13.0. The Balaban J connectivity index is 1.91. The van der Waals surface area contributed by atoms with Crippen LogP contribution in [0.15, 0.2) is 62.7 Å². The molecule has 1 amide bonds. The Hall–Kier alpha value is -2.95. The summed E-state index contributed by atoms with van der Waals surface area (Å²) in [6.07, 6.45) is 0.665. The second kappa shape index (κ2) is 7.58. The molecule has 28 heavy (non-hydrogen) atoms. The van der Waals surface area contributed by atoms with Gasteiger partial charge in [-0.1, -0.05) is 23.7 Å². The minimum absolute atomic E-state index is 0.0122. The van der Waals surface area contributed by atoms with E-state index in [1.54, 1.807) is 25.1 Å². The SMILES string of the molecule is CC1=NN(c2cc(S(=O)(=O)O)ccc2Cl)C(=O)C1N=Nc1cccc(C=O)c1. The van der Waals surface area contributed by atoms with Gasteiger partial charge in [0.25, 0.3) is 16.0 Å². The zero-order valence-electron chi connectivity index (χ0n) is 14.4. The molecule has 0 fully saturated rings. The van der Waals surface area contributed by atoms with Gasteiger partial charge in [-0.05, 0) is 37.3 Å². The molecule has 1 N–H and O–H groups in total. The average Bonchev–Trinajstić information content (AvgIpc) is 2.93. The molecule has 1 aliphatic rings. The molecule has 1 unspecified atom stereocenters. The van der Waals surface area contributed by atoms with Gasteiger partial charge in [-0.15, -0.1) is 0 Å². The van der Waals surface area contributed by atoms with Gasteiger partial charge < -0.3 is 0 Å². The summed E-state index contributed by atoms with van der Waals surface area (Å²) in [4.78, 5) is 23.1. The molecule has 9 nitrogen and oxygen atoms in total. The number of halogens is 1. The molecule has 1 atom stereocenters. The second-order valence-corrected chi connectivity index (χ2v) is 7.64. The highest BCUT2D eigenvalue weighted by atomic mass is 35.5. The number of aldehydes is 1. The number of amides is 1. The van der Waals surface area contributed by atoms with E-state index in [1.165, 1.54) is 12.1 Å². The quantitative estimate of drug-likeness (QED) is 0.450. The van der Waals surface area contributed by atoms with Crippen LogP contribution in [-0.4, -0.2) is 36.9 Å². The molecule has 2 aromatic rings. The molecule has 0 saturated heterocycles. The van der Waals surface area contributed by atoms with Crippen molar-refractivity contribution in [1.29, 1.82) is 0 Å². The van der Waals surface area contributed by atoms with Crippen LogP contribution in [0.3, 0.4) is 0 Å². The smallest absolute Gasteiger partial charge is 0.294 e. The van der Waals surface area contributed by atoms with Crippen LogP contribution in [0.5, 0.6) is 0 Å². The van der Waals surface area contributed by atoms with E-state index in [0.29, 0.717) is 23.2 Å². The lowest BCUT2D eigenvalue weighted by atomic mass is 10.2. The molecule has 1 aliphatic heterocycles. The molecule has 144 valence electrons. The molecule has 0 radical (unpaired) electrons. The van der Waals surface area contributed by atoms with Crippen molar-refractivity contribution in [2.45, 2.75) is 17.9 Å². The average molecular weight is 421 g/mol. The Labute approximate surface area is 165 Å². The van der Waals surface area contributed by atoms with E-state index in [0.717, 1.165) is 17.1 Å². The van der Waals surface area contributed by atoms with Gasteiger partial charge in [-0.3, -0.25) is 14.1 Å². The Kier molecular flexibility index (Phi) is 5.36. The van der Waals surface area contributed by atoms with Gasteiger partial charge in [-0.2, -0.15) is 28.8 Å². The lowest BCUT2D eigenvalue weighted by Crippen LogP contribution is -2.30. The molecular weight excluding hydrogens is 408 g/mol. The molecular formula is C17H13ClN4O5S. The number of nitrogens with zero attached hydrogens (tertiary/aromatic N) is 4. The van der Waals surface area contributed by atoms with Gasteiger partial charge in [-0.25, -0.2) is 0 Å². The lowest BCUT2D eigenvalue weighted by Gasteiger charge is -2.15. The first-order valence-electron chi connectivity index (χ1n) is 7.83. The topological polar surface area (TPSA) is 129 Å². The van der Waals surface area contributed by atoms with Crippen molar-refractivity contribution < 1.29 is 22.6 Å². The summed E-state index contributed by atoms with van der Waals surface area (Å²) in [5.74, 6) is -0.595. The molecule has 0 aromatic heterocycles. The third kappa shape index (κ3) is 3.98. The predicted octanol–water partition coefficient (Wildman–Crippen LogP) is 3.27. The van der Waals surface area contributed by atoms with Crippen LogP contribution in [-0.2, 0) is 14.9 Å². The molecule has 0 bridgehead atoms. The minimum Gasteiger partial charge on any atom is -0.298 e. The minimum atomic E-state index is -4.48. The molecule has 1 heterocycles. The van der Waals surface area contributed by atoms with Crippen LogP contribution in [0.25, 0.3) is 0 Å². The number of hydrazone groups is 1. The van der Waals surface area contributed by atoms with Crippen LogP contribution in [0.2, 0.25) is 5.02 Å². The van der Waals surface area contributed by atoms with Crippen molar-refractivity contribution >= 4 is 51.0 Å². The van der Waals surface area contributed by atoms with E-state index in [2.05, 4.69) is 15.3 Å². The van der Waals surface area contributed by atoms with E-state index in [9.17, 15) is 22.6 Å². The number of rotatable bonds is 5. The zero-order chi connectivity index (χ0) is 20.5. The van der Waals surface area contributed by atoms with Crippen molar-refractivity contribution in [3.63, 3.8) is 0 Å². The van der Waals surface area contributed by atoms with Gasteiger partial charge >= 0.3 is 0 Å². The summed E-state index contributed by atoms with van der Waals surface area (Å²) < 4.78 is 31.9. The monoisotopic (exact) mass is 420 g/mol. The number of azo groups is 1.